The number of imidazole rings is 2. The minimum absolute atomic E-state index is 0.0173. The Morgan fingerprint density at radius 1 is 0.919 bits per heavy atom. The number of rotatable bonds is 12. The van der Waals surface area contributed by atoms with Gasteiger partial charge in [-0.2, -0.15) is 0 Å². The van der Waals surface area contributed by atoms with Gasteiger partial charge < -0.3 is 49.6 Å². The third-order valence-corrected chi connectivity index (χ3v) is 12.9. The second kappa shape index (κ2) is 17.6. The van der Waals surface area contributed by atoms with Gasteiger partial charge >= 0.3 is 12.2 Å². The number of aliphatic hydroxyl groups is 1. The Hall–Kier alpha value is -5.71. The number of ether oxygens (including phenoxy) is 4. The lowest BCUT2D eigenvalue weighted by atomic mass is 9.92. The molecule has 62 heavy (non-hydrogen) atoms. The van der Waals surface area contributed by atoms with E-state index in [1.165, 1.54) is 14.2 Å². The molecule has 2 aromatic heterocycles. The van der Waals surface area contributed by atoms with Crippen molar-refractivity contribution in [2.24, 2.45) is 17.8 Å². The maximum absolute atomic E-state index is 13.9. The van der Waals surface area contributed by atoms with Crippen LogP contribution in [0.15, 0.2) is 48.7 Å². The molecule has 5 N–H and O–H groups in total. The molecule has 3 aliphatic rings. The predicted molar refractivity (Wildman–Crippen MR) is 233 cm³/mol. The Kier molecular flexibility index (Phi) is 12.2. The van der Waals surface area contributed by atoms with Crippen molar-refractivity contribution in [1.29, 1.82) is 0 Å². The summed E-state index contributed by atoms with van der Waals surface area (Å²) in [4.78, 5) is 59.1. The van der Waals surface area contributed by atoms with Crippen LogP contribution in [0.2, 0.25) is 0 Å². The van der Waals surface area contributed by atoms with Crippen LogP contribution in [-0.2, 0) is 25.6 Å². The van der Waals surface area contributed by atoms with Crippen LogP contribution in [0.1, 0.15) is 83.2 Å². The highest BCUT2D eigenvalue weighted by Gasteiger charge is 2.43. The maximum Gasteiger partial charge on any atom is 0.407 e. The van der Waals surface area contributed by atoms with Gasteiger partial charge in [-0.15, -0.1) is 0 Å². The number of carbonyl (C=O) groups is 3. The molecule has 0 spiro atoms. The molecule has 3 amide bonds. The summed E-state index contributed by atoms with van der Waals surface area (Å²) in [6.07, 6.45) is 1.90. The number of hydrogen-bond acceptors (Lipinski definition) is 11. The third-order valence-electron chi connectivity index (χ3n) is 12.9. The van der Waals surface area contributed by atoms with Crippen molar-refractivity contribution in [3.05, 3.63) is 65.9 Å². The van der Waals surface area contributed by atoms with Crippen molar-refractivity contribution >= 4 is 39.9 Å². The van der Waals surface area contributed by atoms with Gasteiger partial charge in [0.25, 0.3) is 0 Å². The van der Waals surface area contributed by atoms with Crippen molar-refractivity contribution in [1.82, 2.24) is 40.4 Å². The fourth-order valence-electron chi connectivity index (χ4n) is 9.62. The van der Waals surface area contributed by atoms with Crippen LogP contribution in [-0.4, -0.2) is 112 Å². The number of alkyl carbamates (subject to hydrolysis) is 2. The number of aliphatic hydroxyl groups excluding tert-OH is 1. The summed E-state index contributed by atoms with van der Waals surface area (Å²) < 4.78 is 21.7. The molecule has 5 aromatic rings. The summed E-state index contributed by atoms with van der Waals surface area (Å²) >= 11 is 0. The first-order chi connectivity index (χ1) is 29.8. The Balaban J connectivity index is 1.05. The van der Waals surface area contributed by atoms with Gasteiger partial charge in [-0.1, -0.05) is 45.9 Å². The summed E-state index contributed by atoms with van der Waals surface area (Å²) in [6.45, 7) is 11.2. The first kappa shape index (κ1) is 43.0. The number of H-pyrrole nitrogens is 2. The molecule has 0 radical (unpaired) electrons. The summed E-state index contributed by atoms with van der Waals surface area (Å²) in [7, 11) is 4.29. The standard InChI is InChI=1S/C46H58N8O8/c1-23(2)38(51-45(57)60-7)43(55)53-20-26(21-59-6)15-36(53)42-48-33-13-11-27-17-32-30-12-10-28(16-29(30)22-62-37(32)18-31(27)40(33)50-42)34-19-47-41(49-34)35-14-9-25(5)54(35)44(56)39(24(3)4)52-46(58)61-8/h10-13,16-19,23-26,35-36,38-39,43,55H,9,14-15,20-22H2,1-8H3,(H,47,49)(H,48,50)(H,51,57)(H,52,58)/t25-,26-,35-,36-,38-,39-,43?/m0/s1. The van der Waals surface area contributed by atoms with E-state index in [0.29, 0.717) is 25.6 Å². The molecule has 3 aromatic carbocycles. The van der Waals surface area contributed by atoms with Gasteiger partial charge in [0.1, 0.15) is 36.3 Å². The first-order valence-corrected chi connectivity index (χ1v) is 21.5. The predicted octanol–water partition coefficient (Wildman–Crippen LogP) is 6.81. The Morgan fingerprint density at radius 3 is 2.42 bits per heavy atom. The van der Waals surface area contributed by atoms with E-state index >= 15 is 0 Å². The minimum atomic E-state index is -0.986. The lowest BCUT2D eigenvalue weighted by Crippen LogP contribution is -2.54. The molecule has 7 atom stereocenters. The fraction of sp³-hybridized carbons (Fsp3) is 0.500. The zero-order valence-electron chi connectivity index (χ0n) is 36.7. The van der Waals surface area contributed by atoms with Gasteiger partial charge in [0.15, 0.2) is 0 Å². The number of amides is 3. The summed E-state index contributed by atoms with van der Waals surface area (Å²) in [6, 6.07) is 12.9. The molecule has 3 aliphatic heterocycles. The Labute approximate surface area is 361 Å². The molecular weight excluding hydrogens is 793 g/mol. The van der Waals surface area contributed by atoms with Crippen molar-refractivity contribution < 1.29 is 38.4 Å². The second-order valence-corrected chi connectivity index (χ2v) is 17.6. The average Bonchev–Trinajstić information content (AvgIpc) is 4.09. The van der Waals surface area contributed by atoms with E-state index < -0.39 is 30.5 Å². The zero-order valence-corrected chi connectivity index (χ0v) is 36.7. The van der Waals surface area contributed by atoms with Crippen molar-refractivity contribution in [3.8, 4) is 28.1 Å². The third kappa shape index (κ3) is 8.06. The van der Waals surface area contributed by atoms with Gasteiger partial charge in [0, 0.05) is 30.6 Å². The van der Waals surface area contributed by atoms with Crippen LogP contribution in [0.3, 0.4) is 0 Å². The normalized spacial score (nSPS) is 21.4. The Bertz CT molecular complexity index is 2460. The smallest absolute Gasteiger partial charge is 0.407 e. The number of likely N-dealkylation sites (tertiary alicyclic amines) is 2. The number of methoxy groups -OCH3 is 3. The number of aromatic amines is 2. The molecule has 5 heterocycles. The van der Waals surface area contributed by atoms with E-state index in [1.807, 2.05) is 56.7 Å². The molecule has 330 valence electrons. The van der Waals surface area contributed by atoms with Crippen molar-refractivity contribution in [2.45, 2.75) is 96.9 Å². The highest BCUT2D eigenvalue weighted by Crippen LogP contribution is 2.44. The molecule has 8 rings (SSSR count). The molecule has 0 saturated carbocycles. The molecule has 16 heteroatoms. The summed E-state index contributed by atoms with van der Waals surface area (Å²) in [5, 5.41) is 19.3. The van der Waals surface area contributed by atoms with Crippen LogP contribution in [0.5, 0.6) is 5.75 Å². The highest BCUT2D eigenvalue weighted by molar-refractivity contribution is 6.07. The van der Waals surface area contributed by atoms with Gasteiger partial charge in [0.2, 0.25) is 5.91 Å². The zero-order chi connectivity index (χ0) is 44.0. The highest BCUT2D eigenvalue weighted by atomic mass is 16.5. The number of nitrogens with zero attached hydrogens (tertiary/aromatic N) is 4. The minimum Gasteiger partial charge on any atom is -0.488 e. The number of fused-ring (bicyclic) bond motifs is 6. The molecule has 16 nitrogen and oxygen atoms in total. The van der Waals surface area contributed by atoms with Crippen molar-refractivity contribution in [3.63, 3.8) is 0 Å². The largest absolute Gasteiger partial charge is 0.488 e. The summed E-state index contributed by atoms with van der Waals surface area (Å²) in [5.41, 5.74) is 6.60. The SMILES string of the molecule is COC[C@H]1C[C@@H](c2nc3c(ccc4cc5c(cc43)OCc3cc(-c4cnc([C@@H]6CC[C@H](C)N6C(=O)[C@@H](NC(=O)OC)C(C)C)[nH]4)ccc3-5)[nH]2)N(C(O)[C@@H](NC(=O)OC)C(C)C)C1. The number of hydrogen-bond donors (Lipinski definition) is 5. The molecular formula is C46H58N8O8. The monoisotopic (exact) mass is 850 g/mol. The van der Waals surface area contributed by atoms with Gasteiger partial charge in [-0.05, 0) is 90.3 Å². The van der Waals surface area contributed by atoms with Gasteiger partial charge in [0.05, 0.1) is 61.9 Å². The van der Waals surface area contributed by atoms with E-state index in [4.69, 9.17) is 28.9 Å². The van der Waals surface area contributed by atoms with E-state index in [1.54, 1.807) is 7.11 Å². The molecule has 2 saturated heterocycles. The van der Waals surface area contributed by atoms with E-state index in [9.17, 15) is 19.5 Å². The maximum atomic E-state index is 13.9. The number of carbonyl (C=O) groups excluding carboxylic acids is 3. The topological polar surface area (TPSA) is 196 Å². The lowest BCUT2D eigenvalue weighted by molar-refractivity contribution is -0.137. The quantitative estimate of drug-likeness (QED) is 0.0885. The van der Waals surface area contributed by atoms with E-state index in [2.05, 4.69) is 57.0 Å². The first-order valence-electron chi connectivity index (χ1n) is 21.5. The molecule has 0 aliphatic carbocycles. The van der Waals surface area contributed by atoms with Crippen LogP contribution < -0.4 is 15.4 Å². The van der Waals surface area contributed by atoms with Crippen LogP contribution in [0.25, 0.3) is 44.2 Å². The molecule has 1 unspecified atom stereocenters. The average molecular weight is 851 g/mol. The van der Waals surface area contributed by atoms with Crippen molar-refractivity contribution in [2.75, 3.05) is 34.5 Å². The Morgan fingerprint density at radius 2 is 1.69 bits per heavy atom. The lowest BCUT2D eigenvalue weighted by Gasteiger charge is -2.35. The van der Waals surface area contributed by atoms with Gasteiger partial charge in [-0.25, -0.2) is 19.6 Å². The number of aromatic nitrogens is 4. The fourth-order valence-corrected chi connectivity index (χ4v) is 9.62. The number of benzene rings is 3. The van der Waals surface area contributed by atoms with Crippen LogP contribution in [0.4, 0.5) is 9.59 Å². The second-order valence-electron chi connectivity index (χ2n) is 17.6. The van der Waals surface area contributed by atoms with E-state index in [0.717, 1.165) is 80.6 Å². The van der Waals surface area contributed by atoms with Gasteiger partial charge in [-0.3, -0.25) is 9.69 Å². The molecule has 0 bridgehead atoms. The molecule has 2 fully saturated rings. The van der Waals surface area contributed by atoms with Crippen LogP contribution >= 0.6 is 0 Å². The van der Waals surface area contributed by atoms with E-state index in [-0.39, 0.29) is 41.8 Å². The number of nitrogens with one attached hydrogen (secondary N) is 4. The summed E-state index contributed by atoms with van der Waals surface area (Å²) in [5.74, 6) is 2.03. The van der Waals surface area contributed by atoms with Crippen LogP contribution in [0, 0.1) is 17.8 Å².